The van der Waals surface area contributed by atoms with E-state index in [9.17, 15) is 14.4 Å². The van der Waals surface area contributed by atoms with E-state index in [2.05, 4.69) is 5.32 Å². The Morgan fingerprint density at radius 2 is 1.77 bits per heavy atom. The van der Waals surface area contributed by atoms with Gasteiger partial charge in [0.05, 0.1) is 18.6 Å². The molecule has 1 saturated heterocycles. The molecule has 2 aromatic rings. The van der Waals surface area contributed by atoms with Gasteiger partial charge >= 0.3 is 5.97 Å². The standard InChI is InChI=1S/C22H22ClN3O4S/c1-3-30-21(29)15-6-10-17(11-7-15)24-19(27)12-18-20(28)25(2)22(31)26(18)13-14-4-8-16(23)9-5-14/h4-11,18H,3,12-13H2,1-2H3,(H,24,27)/t18-/m0/s1. The highest BCUT2D eigenvalue weighted by Gasteiger charge is 2.41. The Kier molecular flexibility index (Phi) is 7.25. The monoisotopic (exact) mass is 459 g/mol. The summed E-state index contributed by atoms with van der Waals surface area (Å²) >= 11 is 11.4. The number of carbonyl (C=O) groups excluding carboxylic acids is 3. The number of nitrogens with zero attached hydrogens (tertiary/aromatic N) is 2. The van der Waals surface area contributed by atoms with Gasteiger partial charge in [-0.3, -0.25) is 14.5 Å². The van der Waals surface area contributed by atoms with Crippen LogP contribution in [0.3, 0.4) is 0 Å². The van der Waals surface area contributed by atoms with Crippen LogP contribution in [0.2, 0.25) is 5.02 Å². The molecule has 0 aromatic heterocycles. The molecule has 31 heavy (non-hydrogen) atoms. The fourth-order valence-electron chi connectivity index (χ4n) is 3.23. The first-order valence-electron chi connectivity index (χ1n) is 9.69. The zero-order chi connectivity index (χ0) is 22.5. The normalized spacial score (nSPS) is 15.9. The van der Waals surface area contributed by atoms with Crippen LogP contribution < -0.4 is 5.32 Å². The third kappa shape index (κ3) is 5.39. The number of rotatable bonds is 7. The second-order valence-corrected chi connectivity index (χ2v) is 7.80. The summed E-state index contributed by atoms with van der Waals surface area (Å²) in [6.45, 7) is 2.41. The van der Waals surface area contributed by atoms with Crippen molar-refractivity contribution < 1.29 is 19.1 Å². The molecule has 1 aliphatic heterocycles. The van der Waals surface area contributed by atoms with E-state index in [1.54, 1.807) is 55.3 Å². The second kappa shape index (κ2) is 9.89. The largest absolute Gasteiger partial charge is 0.462 e. The van der Waals surface area contributed by atoms with Gasteiger partial charge in [0.2, 0.25) is 5.91 Å². The molecule has 162 valence electrons. The molecule has 2 amide bonds. The van der Waals surface area contributed by atoms with Crippen molar-refractivity contribution in [3.8, 4) is 0 Å². The number of halogens is 1. The van der Waals surface area contributed by atoms with Crippen LogP contribution in [0.25, 0.3) is 0 Å². The van der Waals surface area contributed by atoms with Crippen LogP contribution in [-0.2, 0) is 20.9 Å². The number of esters is 1. The molecular weight excluding hydrogens is 438 g/mol. The van der Waals surface area contributed by atoms with E-state index < -0.39 is 12.0 Å². The van der Waals surface area contributed by atoms with Crippen molar-refractivity contribution in [2.24, 2.45) is 0 Å². The van der Waals surface area contributed by atoms with E-state index in [-0.39, 0.29) is 24.8 Å². The molecule has 7 nitrogen and oxygen atoms in total. The molecule has 0 aliphatic carbocycles. The van der Waals surface area contributed by atoms with Gasteiger partial charge < -0.3 is 15.0 Å². The van der Waals surface area contributed by atoms with E-state index in [1.807, 2.05) is 12.1 Å². The van der Waals surface area contributed by atoms with E-state index in [0.29, 0.717) is 27.9 Å². The number of benzene rings is 2. The fraction of sp³-hybridized carbons (Fsp3) is 0.273. The van der Waals surface area contributed by atoms with Crippen molar-refractivity contribution in [1.82, 2.24) is 9.80 Å². The van der Waals surface area contributed by atoms with Crippen LogP contribution in [0.5, 0.6) is 0 Å². The minimum Gasteiger partial charge on any atom is -0.462 e. The van der Waals surface area contributed by atoms with Gasteiger partial charge in [0.1, 0.15) is 6.04 Å². The number of hydrogen-bond donors (Lipinski definition) is 1. The first kappa shape index (κ1) is 22.7. The molecule has 0 saturated carbocycles. The average molecular weight is 460 g/mol. The highest BCUT2D eigenvalue weighted by Crippen LogP contribution is 2.23. The summed E-state index contributed by atoms with van der Waals surface area (Å²) in [6, 6.07) is 12.9. The third-order valence-electron chi connectivity index (χ3n) is 4.85. The molecule has 9 heteroatoms. The highest BCUT2D eigenvalue weighted by atomic mass is 35.5. The molecule has 0 radical (unpaired) electrons. The zero-order valence-corrected chi connectivity index (χ0v) is 18.7. The molecule has 1 heterocycles. The number of nitrogens with one attached hydrogen (secondary N) is 1. The molecule has 0 bridgehead atoms. The van der Waals surface area contributed by atoms with Gasteiger partial charge in [0, 0.05) is 24.3 Å². The van der Waals surface area contributed by atoms with Crippen LogP contribution in [0.1, 0.15) is 29.3 Å². The molecule has 1 N–H and O–H groups in total. The van der Waals surface area contributed by atoms with Gasteiger partial charge in [0.25, 0.3) is 5.91 Å². The number of ether oxygens (including phenoxy) is 1. The van der Waals surface area contributed by atoms with Gasteiger partial charge in [-0.1, -0.05) is 23.7 Å². The number of amides is 2. The molecule has 0 spiro atoms. The maximum absolute atomic E-state index is 12.7. The molecule has 1 aliphatic rings. The Balaban J connectivity index is 1.67. The van der Waals surface area contributed by atoms with Crippen molar-refractivity contribution in [2.75, 3.05) is 19.0 Å². The molecule has 1 atom stereocenters. The van der Waals surface area contributed by atoms with Crippen LogP contribution in [0, 0.1) is 0 Å². The Labute approximate surface area is 190 Å². The first-order chi connectivity index (χ1) is 14.8. The highest BCUT2D eigenvalue weighted by molar-refractivity contribution is 7.80. The van der Waals surface area contributed by atoms with E-state index in [1.165, 1.54) is 4.90 Å². The number of thiocarbonyl (C=S) groups is 1. The topological polar surface area (TPSA) is 78.9 Å². The lowest BCUT2D eigenvalue weighted by Gasteiger charge is -2.23. The maximum Gasteiger partial charge on any atom is 0.338 e. The summed E-state index contributed by atoms with van der Waals surface area (Å²) < 4.78 is 4.94. The number of likely N-dealkylation sites (N-methyl/N-ethyl adjacent to an activating group) is 1. The molecule has 1 fully saturated rings. The van der Waals surface area contributed by atoms with Crippen molar-refractivity contribution in [3.63, 3.8) is 0 Å². The lowest BCUT2D eigenvalue weighted by molar-refractivity contribution is -0.130. The summed E-state index contributed by atoms with van der Waals surface area (Å²) in [6.07, 6.45) is -0.0590. The summed E-state index contributed by atoms with van der Waals surface area (Å²) in [5.74, 6) is -0.987. The van der Waals surface area contributed by atoms with Crippen molar-refractivity contribution in [1.29, 1.82) is 0 Å². The van der Waals surface area contributed by atoms with Gasteiger partial charge in [0.15, 0.2) is 5.11 Å². The SMILES string of the molecule is CCOC(=O)c1ccc(NC(=O)C[C@H]2C(=O)N(C)C(=S)N2Cc2ccc(Cl)cc2)cc1. The molecule has 3 rings (SSSR count). The zero-order valence-electron chi connectivity index (χ0n) is 17.1. The van der Waals surface area contributed by atoms with Crippen molar-refractivity contribution in [3.05, 3.63) is 64.7 Å². The van der Waals surface area contributed by atoms with Crippen LogP contribution in [0.4, 0.5) is 5.69 Å². The van der Waals surface area contributed by atoms with Gasteiger partial charge in [-0.15, -0.1) is 0 Å². The van der Waals surface area contributed by atoms with E-state index in [4.69, 9.17) is 28.6 Å². The second-order valence-electron chi connectivity index (χ2n) is 7.00. The molecule has 2 aromatic carbocycles. The van der Waals surface area contributed by atoms with Crippen LogP contribution in [-0.4, -0.2) is 52.4 Å². The van der Waals surface area contributed by atoms with Gasteiger partial charge in [-0.2, -0.15) is 0 Å². The fourth-order valence-corrected chi connectivity index (χ4v) is 3.64. The Hall–Kier alpha value is -2.97. The predicted molar refractivity (Wildman–Crippen MR) is 122 cm³/mol. The maximum atomic E-state index is 12.7. The Bertz CT molecular complexity index is 995. The van der Waals surface area contributed by atoms with Crippen LogP contribution in [0.15, 0.2) is 48.5 Å². The number of hydrogen-bond acceptors (Lipinski definition) is 5. The van der Waals surface area contributed by atoms with Gasteiger partial charge in [-0.05, 0) is 61.1 Å². The summed E-state index contributed by atoms with van der Waals surface area (Å²) in [4.78, 5) is 40.2. The summed E-state index contributed by atoms with van der Waals surface area (Å²) in [5, 5.41) is 3.75. The Morgan fingerprint density at radius 3 is 2.39 bits per heavy atom. The molecular formula is C22H22ClN3O4S. The van der Waals surface area contributed by atoms with E-state index in [0.717, 1.165) is 5.56 Å². The first-order valence-corrected chi connectivity index (χ1v) is 10.5. The summed E-state index contributed by atoms with van der Waals surface area (Å²) in [5.41, 5.74) is 1.84. The van der Waals surface area contributed by atoms with Crippen LogP contribution >= 0.6 is 23.8 Å². The molecule has 0 unspecified atom stereocenters. The van der Waals surface area contributed by atoms with Gasteiger partial charge in [-0.25, -0.2) is 4.79 Å². The van der Waals surface area contributed by atoms with E-state index >= 15 is 0 Å². The summed E-state index contributed by atoms with van der Waals surface area (Å²) in [7, 11) is 1.60. The predicted octanol–water partition coefficient (Wildman–Crippen LogP) is 3.47. The lowest BCUT2D eigenvalue weighted by atomic mass is 10.1. The third-order valence-corrected chi connectivity index (χ3v) is 5.61. The quantitative estimate of drug-likeness (QED) is 0.504. The van der Waals surface area contributed by atoms with Crippen molar-refractivity contribution in [2.45, 2.75) is 25.9 Å². The minimum absolute atomic E-state index is 0.0590. The smallest absolute Gasteiger partial charge is 0.338 e. The average Bonchev–Trinajstić information content (AvgIpc) is 2.94. The lowest BCUT2D eigenvalue weighted by Crippen LogP contribution is -2.37. The Morgan fingerprint density at radius 1 is 1.13 bits per heavy atom. The number of anilines is 1. The minimum atomic E-state index is -0.702. The van der Waals surface area contributed by atoms with Crippen molar-refractivity contribution >= 4 is 52.4 Å². The number of carbonyl (C=O) groups is 3.